The molecule has 0 saturated heterocycles. The van der Waals surface area contributed by atoms with Crippen LogP contribution in [-0.2, 0) is 21.7 Å². The number of anilines is 2. The molecule has 0 saturated carbocycles. The summed E-state index contributed by atoms with van der Waals surface area (Å²) < 4.78 is 50.7. The molecule has 0 atom stereocenters. The fourth-order valence-corrected chi connectivity index (χ4v) is 2.18. The Labute approximate surface area is 240 Å². The molecule has 4 aromatic rings. The van der Waals surface area contributed by atoms with E-state index in [2.05, 4.69) is 10.6 Å². The molecular weight excluding hydrogens is 548 g/mol. The number of hydrogen-bond acceptors (Lipinski definition) is 2. The molecule has 39 heavy (non-hydrogen) atoms. The maximum Gasteiger partial charge on any atom is 4.00 e. The number of hydrogen-bond donors (Lipinski definition) is 2. The van der Waals surface area contributed by atoms with Gasteiger partial charge in [0.15, 0.2) is 0 Å². The van der Waals surface area contributed by atoms with Crippen molar-refractivity contribution >= 4 is 23.4 Å². The summed E-state index contributed by atoms with van der Waals surface area (Å²) >= 11 is 0. The molecule has 0 aliphatic carbocycles. The van der Waals surface area contributed by atoms with E-state index in [4.69, 9.17) is 0 Å². The van der Waals surface area contributed by atoms with Crippen molar-refractivity contribution in [1.29, 1.82) is 0 Å². The normalized spacial score (nSPS) is 9.03. The van der Waals surface area contributed by atoms with E-state index in [1.165, 1.54) is 38.0 Å². The van der Waals surface area contributed by atoms with Crippen LogP contribution in [0.3, 0.4) is 0 Å². The van der Waals surface area contributed by atoms with E-state index >= 15 is 0 Å². The Balaban J connectivity index is 0.000000537. The number of urea groups is 2. The number of nitrogens with zero attached hydrogens (tertiary/aromatic N) is 2. The Morgan fingerprint density at radius 3 is 1.15 bits per heavy atom. The molecule has 0 radical (unpaired) electrons. The molecule has 0 aliphatic heterocycles. The summed E-state index contributed by atoms with van der Waals surface area (Å²) in [6, 6.07) is 27.0. The van der Waals surface area contributed by atoms with Gasteiger partial charge < -0.3 is 20.4 Å². The van der Waals surface area contributed by atoms with E-state index in [0.717, 1.165) is 24.3 Å². The summed E-state index contributed by atoms with van der Waals surface area (Å²) in [6.45, 7) is 0. The molecule has 4 rings (SSSR count). The monoisotopic (exact) mass is 576 g/mol. The first kappa shape index (κ1) is 35.1. The molecule has 0 unspecified atom stereocenters. The van der Waals surface area contributed by atoms with E-state index in [9.17, 15) is 27.2 Å². The molecule has 6 nitrogen and oxygen atoms in total. The van der Waals surface area contributed by atoms with E-state index in [1.54, 1.807) is 0 Å². The number of rotatable bonds is 2. The SMILES string of the molecule is CN(C)C(=O)Nc1ccc(F)[c-]c1F.CN(C)C(=O)Nc1ccc(F)[c-]c1F.[Ti+4].c1cc[cH-]c1.c1cc[cH-]c1. The van der Waals surface area contributed by atoms with Crippen molar-refractivity contribution in [2.24, 2.45) is 0 Å². The zero-order valence-electron chi connectivity index (χ0n) is 21.8. The smallest absolute Gasteiger partial charge is 0.359 e. The average molecular weight is 576 g/mol. The molecule has 4 amide bonds. The molecule has 11 heteroatoms. The van der Waals surface area contributed by atoms with Gasteiger partial charge in [-0.25, -0.2) is 51.4 Å². The van der Waals surface area contributed by atoms with Gasteiger partial charge in [0.2, 0.25) is 0 Å². The van der Waals surface area contributed by atoms with E-state index in [-0.39, 0.29) is 33.1 Å². The van der Waals surface area contributed by atoms with Gasteiger partial charge in [-0.1, -0.05) is 0 Å². The predicted molar refractivity (Wildman–Crippen MR) is 140 cm³/mol. The third kappa shape index (κ3) is 15.2. The number of halogens is 4. The molecule has 0 aliphatic rings. The topological polar surface area (TPSA) is 64.7 Å². The van der Waals surface area contributed by atoms with Crippen molar-refractivity contribution in [3.8, 4) is 0 Å². The number of nitrogens with one attached hydrogen (secondary N) is 2. The van der Waals surface area contributed by atoms with Crippen LogP contribution in [0, 0.1) is 35.4 Å². The molecule has 4 aromatic carbocycles. The van der Waals surface area contributed by atoms with Crippen LogP contribution in [0.4, 0.5) is 38.5 Å². The van der Waals surface area contributed by atoms with Gasteiger partial charge in [0, 0.05) is 51.5 Å². The first-order chi connectivity index (χ1) is 18.0. The molecule has 0 aromatic heterocycles. The van der Waals surface area contributed by atoms with Gasteiger partial charge in [-0.2, -0.15) is 36.4 Å². The van der Waals surface area contributed by atoms with Gasteiger partial charge in [-0.3, -0.25) is 0 Å². The predicted octanol–water partition coefficient (Wildman–Crippen LogP) is 6.53. The van der Waals surface area contributed by atoms with Crippen LogP contribution >= 0.6 is 0 Å². The van der Waals surface area contributed by atoms with Gasteiger partial charge in [-0.15, -0.1) is 36.4 Å². The fourth-order valence-electron chi connectivity index (χ4n) is 2.18. The van der Waals surface area contributed by atoms with Gasteiger partial charge in [0.25, 0.3) is 0 Å². The maximum atomic E-state index is 12.9. The van der Waals surface area contributed by atoms with Crippen LogP contribution in [0.25, 0.3) is 0 Å². The molecule has 2 N–H and O–H groups in total. The minimum Gasteiger partial charge on any atom is -0.359 e. The third-order valence-corrected chi connectivity index (χ3v) is 4.13. The Bertz CT molecular complexity index is 1090. The van der Waals surface area contributed by atoms with Crippen molar-refractivity contribution < 1.29 is 48.9 Å². The first-order valence-corrected chi connectivity index (χ1v) is 11.1. The fraction of sp³-hybridized carbons (Fsp3) is 0.143. The standard InChI is InChI=1S/2C9H9F2N2O.2C5H5.Ti/c2*1-13(2)9(14)12-8-4-3-6(10)5-7(8)11;2*1-2-4-5-3-1;/h2*3-4H,1-2H3,(H,12,14);2*1-5H;/q4*-1;+4. The summed E-state index contributed by atoms with van der Waals surface area (Å²) in [5.41, 5.74) is -0.185. The third-order valence-electron chi connectivity index (χ3n) is 4.13. The Hall–Kier alpha value is -3.89. The second kappa shape index (κ2) is 19.2. The Kier molecular flexibility index (Phi) is 17.3. The molecule has 0 spiro atoms. The molecule has 0 bridgehead atoms. The summed E-state index contributed by atoms with van der Waals surface area (Å²) in [4.78, 5) is 24.7. The second-order valence-corrected chi connectivity index (χ2v) is 7.64. The quantitative estimate of drug-likeness (QED) is 0.162. The van der Waals surface area contributed by atoms with Crippen molar-refractivity contribution in [2.45, 2.75) is 0 Å². The molecule has 204 valence electrons. The van der Waals surface area contributed by atoms with Gasteiger partial charge in [-0.05, 0) is 11.4 Å². The van der Waals surface area contributed by atoms with Gasteiger partial charge in [0.05, 0.1) is 0 Å². The van der Waals surface area contributed by atoms with Gasteiger partial charge in [0.1, 0.15) is 0 Å². The minimum atomic E-state index is -0.916. The molecule has 0 fully saturated rings. The van der Waals surface area contributed by atoms with Crippen molar-refractivity contribution in [2.75, 3.05) is 38.8 Å². The summed E-state index contributed by atoms with van der Waals surface area (Å²) in [5, 5.41) is 4.50. The Morgan fingerprint density at radius 1 is 0.641 bits per heavy atom. The number of benzene rings is 2. The number of carbonyl (C=O) groups excluding carboxylic acids is 2. The van der Waals surface area contributed by atoms with Crippen LogP contribution in [0.15, 0.2) is 84.9 Å². The van der Waals surface area contributed by atoms with E-state index in [0.29, 0.717) is 0 Å². The minimum absolute atomic E-state index is 0. The van der Waals surface area contributed by atoms with Crippen LogP contribution in [-0.4, -0.2) is 50.1 Å². The van der Waals surface area contributed by atoms with Gasteiger partial charge >= 0.3 is 33.8 Å². The van der Waals surface area contributed by atoms with Crippen LogP contribution in [0.5, 0.6) is 0 Å². The van der Waals surface area contributed by atoms with E-state index < -0.39 is 35.3 Å². The summed E-state index contributed by atoms with van der Waals surface area (Å²) in [6.07, 6.45) is 0. The number of amides is 4. The second-order valence-electron chi connectivity index (χ2n) is 7.64. The number of carbonyl (C=O) groups is 2. The molecule has 0 heterocycles. The van der Waals surface area contributed by atoms with Crippen molar-refractivity contribution in [1.82, 2.24) is 9.80 Å². The van der Waals surface area contributed by atoms with Crippen molar-refractivity contribution in [3.05, 3.63) is 120 Å². The van der Waals surface area contributed by atoms with Crippen LogP contribution in [0.2, 0.25) is 0 Å². The Morgan fingerprint density at radius 2 is 0.949 bits per heavy atom. The summed E-state index contributed by atoms with van der Waals surface area (Å²) in [5.74, 6) is -3.43. The van der Waals surface area contributed by atoms with Crippen LogP contribution in [0.1, 0.15) is 0 Å². The molecular formula is C28H28F4N4O2Ti. The van der Waals surface area contributed by atoms with Crippen LogP contribution < -0.4 is 10.6 Å². The zero-order chi connectivity index (χ0) is 28.5. The van der Waals surface area contributed by atoms with Crippen molar-refractivity contribution in [3.63, 3.8) is 0 Å². The maximum absolute atomic E-state index is 12.9. The van der Waals surface area contributed by atoms with E-state index in [1.807, 2.05) is 72.8 Å². The summed E-state index contributed by atoms with van der Waals surface area (Å²) in [7, 11) is 6.06. The largest absolute Gasteiger partial charge is 4.00 e. The first-order valence-electron chi connectivity index (χ1n) is 11.1. The zero-order valence-corrected chi connectivity index (χ0v) is 23.4. The average Bonchev–Trinajstić information content (AvgIpc) is 3.62.